The van der Waals surface area contributed by atoms with Gasteiger partial charge in [-0.3, -0.25) is 4.79 Å². The van der Waals surface area contributed by atoms with Crippen molar-refractivity contribution in [3.8, 4) is 5.75 Å². The molecular weight excluding hydrogens is 392 g/mol. The fourth-order valence-electron chi connectivity index (χ4n) is 2.73. The van der Waals surface area contributed by atoms with Gasteiger partial charge in [0.2, 0.25) is 0 Å². The van der Waals surface area contributed by atoms with E-state index in [4.69, 9.17) is 21.4 Å². The van der Waals surface area contributed by atoms with Crippen LogP contribution in [0.25, 0.3) is 6.08 Å². The van der Waals surface area contributed by atoms with Gasteiger partial charge in [0.15, 0.2) is 12.4 Å². The topological polar surface area (TPSA) is 81.4 Å². The summed E-state index contributed by atoms with van der Waals surface area (Å²) in [7, 11) is 0. The minimum absolute atomic E-state index is 0.207. The first-order valence-corrected chi connectivity index (χ1v) is 9.25. The number of hydrogen-bond acceptors (Lipinski definition) is 4. The second-order valence-corrected chi connectivity index (χ2v) is 6.70. The van der Waals surface area contributed by atoms with Crippen LogP contribution in [0.5, 0.6) is 5.75 Å². The van der Waals surface area contributed by atoms with Crippen LogP contribution in [0.3, 0.4) is 0 Å². The standard InChI is InChI=1S/C22H19ClN2O4/c1-15-19(22(23)25(24-15)13-16-5-3-2-4-6-16)11-12-20(26)17-7-9-18(10-8-17)29-14-21(27)28/h2-12H,13-14H2,1H3,(H,27,28)/b12-11+. The van der Waals surface area contributed by atoms with Crippen LogP contribution in [0.1, 0.15) is 27.2 Å². The Balaban J connectivity index is 1.70. The van der Waals surface area contributed by atoms with Crippen LogP contribution in [0.15, 0.2) is 60.7 Å². The Labute approximate surface area is 173 Å². The number of ketones is 1. The zero-order chi connectivity index (χ0) is 20.8. The number of carbonyl (C=O) groups excluding carboxylic acids is 1. The molecule has 0 saturated carbocycles. The van der Waals surface area contributed by atoms with E-state index in [2.05, 4.69) is 5.10 Å². The molecule has 6 nitrogen and oxygen atoms in total. The summed E-state index contributed by atoms with van der Waals surface area (Å²) in [6.07, 6.45) is 3.10. The molecular formula is C22H19ClN2O4. The molecule has 0 aliphatic heterocycles. The molecule has 1 N–H and O–H groups in total. The third-order valence-electron chi connectivity index (χ3n) is 4.19. The number of carbonyl (C=O) groups is 2. The molecule has 1 heterocycles. The largest absolute Gasteiger partial charge is 0.482 e. The minimum Gasteiger partial charge on any atom is -0.482 e. The summed E-state index contributed by atoms with van der Waals surface area (Å²) < 4.78 is 6.76. The van der Waals surface area contributed by atoms with Gasteiger partial charge in [-0.1, -0.05) is 41.9 Å². The Morgan fingerprint density at radius 2 is 1.83 bits per heavy atom. The Hall–Kier alpha value is -3.38. The van der Waals surface area contributed by atoms with Gasteiger partial charge in [0.1, 0.15) is 10.9 Å². The third kappa shape index (κ3) is 5.33. The van der Waals surface area contributed by atoms with Crippen molar-refractivity contribution in [2.24, 2.45) is 0 Å². The van der Waals surface area contributed by atoms with E-state index in [0.717, 1.165) is 11.3 Å². The maximum atomic E-state index is 12.4. The van der Waals surface area contributed by atoms with Gasteiger partial charge >= 0.3 is 5.97 Å². The molecule has 0 fully saturated rings. The number of aryl methyl sites for hydroxylation is 1. The van der Waals surface area contributed by atoms with Crippen molar-refractivity contribution < 1.29 is 19.4 Å². The van der Waals surface area contributed by atoms with E-state index in [1.54, 1.807) is 35.0 Å². The molecule has 0 atom stereocenters. The molecule has 0 spiro atoms. The number of carboxylic acids is 1. The summed E-state index contributed by atoms with van der Waals surface area (Å²) in [5.74, 6) is -0.886. The van der Waals surface area contributed by atoms with Crippen molar-refractivity contribution in [2.75, 3.05) is 6.61 Å². The molecule has 1 aromatic heterocycles. The second kappa shape index (κ2) is 9.21. The van der Waals surface area contributed by atoms with E-state index >= 15 is 0 Å². The van der Waals surface area contributed by atoms with Crippen molar-refractivity contribution in [1.29, 1.82) is 0 Å². The van der Waals surface area contributed by atoms with E-state index in [1.165, 1.54) is 6.08 Å². The maximum absolute atomic E-state index is 12.4. The zero-order valence-electron chi connectivity index (χ0n) is 15.7. The first kappa shape index (κ1) is 20.4. The normalized spacial score (nSPS) is 11.0. The van der Waals surface area contributed by atoms with Crippen molar-refractivity contribution in [1.82, 2.24) is 9.78 Å². The third-order valence-corrected chi connectivity index (χ3v) is 4.59. The highest BCUT2D eigenvalue weighted by molar-refractivity contribution is 6.31. The van der Waals surface area contributed by atoms with Crippen molar-refractivity contribution in [3.63, 3.8) is 0 Å². The Morgan fingerprint density at radius 3 is 2.48 bits per heavy atom. The predicted octanol–water partition coefficient (Wildman–Crippen LogP) is 4.25. The van der Waals surface area contributed by atoms with Gasteiger partial charge in [-0.15, -0.1) is 0 Å². The summed E-state index contributed by atoms with van der Waals surface area (Å²) in [6.45, 7) is 1.95. The minimum atomic E-state index is -1.06. The quantitative estimate of drug-likeness (QED) is 0.443. The number of benzene rings is 2. The molecule has 0 amide bonds. The molecule has 148 valence electrons. The van der Waals surface area contributed by atoms with Crippen LogP contribution in [-0.4, -0.2) is 33.2 Å². The lowest BCUT2D eigenvalue weighted by molar-refractivity contribution is -0.139. The van der Waals surface area contributed by atoms with E-state index < -0.39 is 12.6 Å². The zero-order valence-corrected chi connectivity index (χ0v) is 16.5. The molecule has 0 saturated heterocycles. The molecule has 0 unspecified atom stereocenters. The number of carboxylic acid groups (broad SMARTS) is 1. The van der Waals surface area contributed by atoms with Crippen LogP contribution >= 0.6 is 11.6 Å². The summed E-state index contributed by atoms with van der Waals surface area (Å²) in [4.78, 5) is 22.9. The SMILES string of the molecule is Cc1nn(Cc2ccccc2)c(Cl)c1/C=C/C(=O)c1ccc(OCC(=O)O)cc1. The molecule has 0 bridgehead atoms. The lowest BCUT2D eigenvalue weighted by atomic mass is 10.1. The Kier molecular flexibility index (Phi) is 6.46. The van der Waals surface area contributed by atoms with Crippen LogP contribution in [0.4, 0.5) is 0 Å². The van der Waals surface area contributed by atoms with Gasteiger partial charge in [-0.25, -0.2) is 9.48 Å². The Bertz CT molecular complexity index is 1040. The first-order valence-electron chi connectivity index (χ1n) is 8.88. The number of halogens is 1. The molecule has 2 aromatic carbocycles. The van der Waals surface area contributed by atoms with Gasteiger partial charge in [0.05, 0.1) is 12.2 Å². The number of allylic oxidation sites excluding steroid dienone is 1. The van der Waals surface area contributed by atoms with E-state index in [0.29, 0.717) is 28.6 Å². The first-order chi connectivity index (χ1) is 13.9. The van der Waals surface area contributed by atoms with E-state index in [-0.39, 0.29) is 5.78 Å². The predicted molar refractivity (Wildman–Crippen MR) is 110 cm³/mol. The fraction of sp³-hybridized carbons (Fsp3) is 0.136. The van der Waals surface area contributed by atoms with Crippen LogP contribution < -0.4 is 4.74 Å². The summed E-state index contributed by atoms with van der Waals surface area (Å²) in [5, 5.41) is 13.5. The van der Waals surface area contributed by atoms with Gasteiger partial charge < -0.3 is 9.84 Å². The summed E-state index contributed by atoms with van der Waals surface area (Å²) >= 11 is 6.46. The van der Waals surface area contributed by atoms with Crippen molar-refractivity contribution in [3.05, 3.63) is 88.2 Å². The average Bonchev–Trinajstić information content (AvgIpc) is 2.98. The van der Waals surface area contributed by atoms with Crippen LogP contribution in [0, 0.1) is 6.92 Å². The van der Waals surface area contributed by atoms with Gasteiger partial charge in [0, 0.05) is 11.1 Å². The van der Waals surface area contributed by atoms with Gasteiger partial charge in [0.25, 0.3) is 0 Å². The van der Waals surface area contributed by atoms with Crippen LogP contribution in [0.2, 0.25) is 5.15 Å². The lowest BCUT2D eigenvalue weighted by Gasteiger charge is -2.03. The average molecular weight is 411 g/mol. The molecule has 3 rings (SSSR count). The highest BCUT2D eigenvalue weighted by Gasteiger charge is 2.12. The lowest BCUT2D eigenvalue weighted by Crippen LogP contribution is -2.09. The number of rotatable bonds is 8. The molecule has 7 heteroatoms. The Morgan fingerprint density at radius 1 is 1.14 bits per heavy atom. The number of aromatic nitrogens is 2. The number of hydrogen-bond donors (Lipinski definition) is 1. The maximum Gasteiger partial charge on any atom is 0.341 e. The smallest absolute Gasteiger partial charge is 0.341 e. The van der Waals surface area contributed by atoms with Crippen molar-refractivity contribution >= 4 is 29.4 Å². The van der Waals surface area contributed by atoms with E-state index in [9.17, 15) is 9.59 Å². The number of aliphatic carboxylic acids is 1. The highest BCUT2D eigenvalue weighted by atomic mass is 35.5. The number of ether oxygens (including phenoxy) is 1. The molecule has 0 radical (unpaired) electrons. The van der Waals surface area contributed by atoms with E-state index in [1.807, 2.05) is 37.3 Å². The highest BCUT2D eigenvalue weighted by Crippen LogP contribution is 2.23. The van der Waals surface area contributed by atoms with Gasteiger partial charge in [-0.2, -0.15) is 5.10 Å². The van der Waals surface area contributed by atoms with Crippen molar-refractivity contribution in [2.45, 2.75) is 13.5 Å². The molecule has 3 aromatic rings. The number of nitrogens with zero attached hydrogens (tertiary/aromatic N) is 2. The summed E-state index contributed by atoms with van der Waals surface area (Å²) in [5.41, 5.74) is 2.95. The van der Waals surface area contributed by atoms with Gasteiger partial charge in [-0.05, 0) is 48.9 Å². The fourth-order valence-corrected chi connectivity index (χ4v) is 3.03. The molecule has 0 aliphatic rings. The summed E-state index contributed by atoms with van der Waals surface area (Å²) in [6, 6.07) is 16.1. The second-order valence-electron chi connectivity index (χ2n) is 6.34. The molecule has 0 aliphatic carbocycles. The monoisotopic (exact) mass is 410 g/mol. The van der Waals surface area contributed by atoms with Crippen LogP contribution in [-0.2, 0) is 11.3 Å². The molecule has 29 heavy (non-hydrogen) atoms.